The fraction of sp³-hybridized carbons (Fsp3) is 0.0952. The van der Waals surface area contributed by atoms with Crippen LogP contribution in [0.25, 0.3) is 91.1 Å². The number of nitrogens with zero attached hydrogens (tertiary/aromatic N) is 3. The first-order valence-electron chi connectivity index (χ1n) is 23.9. The summed E-state index contributed by atoms with van der Waals surface area (Å²) in [4.78, 5) is 37.3. The molecule has 0 radical (unpaired) electrons. The van der Waals surface area contributed by atoms with Gasteiger partial charge in [0.15, 0.2) is 0 Å². The Morgan fingerprint density at radius 3 is 1.73 bits per heavy atom. The van der Waals surface area contributed by atoms with Crippen molar-refractivity contribution >= 4 is 84.4 Å². The van der Waals surface area contributed by atoms with E-state index in [1.165, 1.54) is 64.7 Å². The lowest BCUT2D eigenvalue weighted by Gasteiger charge is -2.30. The molecule has 4 aromatic heterocycles. The van der Waals surface area contributed by atoms with Gasteiger partial charge in [0.2, 0.25) is 0 Å². The highest BCUT2D eigenvalue weighted by Gasteiger charge is 2.38. The van der Waals surface area contributed by atoms with Gasteiger partial charge in [-0.05, 0) is 146 Å². The molecule has 0 saturated heterocycles. The van der Waals surface area contributed by atoms with E-state index in [-0.39, 0.29) is 16.4 Å². The van der Waals surface area contributed by atoms with Gasteiger partial charge in [-0.2, -0.15) is 0 Å². The molecule has 0 amide bonds. The Bertz CT molecular complexity index is 4160. The van der Waals surface area contributed by atoms with Crippen LogP contribution in [0.2, 0.25) is 0 Å². The minimum Gasteiger partial charge on any atom is -0.429 e. The average Bonchev–Trinajstić information content (AvgIpc) is 4.24. The molecule has 2 aliphatic rings. The van der Waals surface area contributed by atoms with Gasteiger partial charge in [-0.3, -0.25) is 14.0 Å². The lowest BCUT2D eigenvalue weighted by atomic mass is 9.82. The van der Waals surface area contributed by atoms with Crippen molar-refractivity contribution in [3.8, 4) is 58.6 Å². The number of pyridine rings is 1. The van der Waals surface area contributed by atoms with Crippen molar-refractivity contribution in [1.29, 1.82) is 0 Å². The highest BCUT2D eigenvalue weighted by molar-refractivity contribution is 7.25. The molecule has 0 aliphatic heterocycles. The molecule has 4 heterocycles. The standard InChI is InChI=1S/C63H43N3O3S2/c1-62(2)49-14-7-5-10-41(49)43-23-20-38(32-51(43)62)65(39-21-24-44-42-11-6-8-15-50(42)63(3,4)52(44)33-39)37-18-16-36(17-19-37)55-28-30-57(70-55)58-31-29-56(71-58)45-25-26-47-59-46(45)12-9-13-48(59)61(68)66-54-34-40(69-35-67)22-27-53(54)64-60(47)66/h5-35H,1-4H3. The summed E-state index contributed by atoms with van der Waals surface area (Å²) >= 11 is 3.56. The van der Waals surface area contributed by atoms with E-state index in [0.717, 1.165) is 43.7 Å². The zero-order valence-electron chi connectivity index (χ0n) is 39.3. The number of carbonyl (C=O) groups is 1. The Kier molecular flexibility index (Phi) is 8.92. The molecular formula is C63H43N3O3S2. The van der Waals surface area contributed by atoms with Gasteiger partial charge in [-0.25, -0.2) is 4.98 Å². The first kappa shape index (κ1) is 41.8. The molecule has 12 aromatic rings. The third-order valence-corrected chi connectivity index (χ3v) is 17.8. The maximum atomic E-state index is 14.2. The van der Waals surface area contributed by atoms with E-state index in [9.17, 15) is 9.59 Å². The highest BCUT2D eigenvalue weighted by Crippen LogP contribution is 2.53. The fourth-order valence-electron chi connectivity index (χ4n) is 11.8. The predicted octanol–water partition coefficient (Wildman–Crippen LogP) is 16.3. The van der Waals surface area contributed by atoms with Gasteiger partial charge in [-0.15, -0.1) is 22.7 Å². The molecule has 0 spiro atoms. The number of fused-ring (bicyclic) bond motifs is 10. The van der Waals surface area contributed by atoms with Gasteiger partial charge in [-0.1, -0.05) is 119 Å². The van der Waals surface area contributed by atoms with Crippen LogP contribution in [-0.2, 0) is 15.6 Å². The minimum absolute atomic E-state index is 0.127. The molecule has 0 bridgehead atoms. The second-order valence-corrected chi connectivity index (χ2v) is 22.0. The Labute approximate surface area is 417 Å². The number of hydrogen-bond acceptors (Lipinski definition) is 7. The van der Waals surface area contributed by atoms with Crippen LogP contribution in [0.3, 0.4) is 0 Å². The number of thiophene rings is 2. The molecule has 340 valence electrons. The van der Waals surface area contributed by atoms with Crippen LogP contribution in [0.5, 0.6) is 5.75 Å². The number of aromatic nitrogens is 2. The van der Waals surface area contributed by atoms with Gasteiger partial charge in [0.1, 0.15) is 11.4 Å². The lowest BCUT2D eigenvalue weighted by molar-refractivity contribution is -0.120. The van der Waals surface area contributed by atoms with E-state index < -0.39 is 0 Å². The molecule has 0 N–H and O–H groups in total. The molecule has 6 nitrogen and oxygen atoms in total. The van der Waals surface area contributed by atoms with Crippen LogP contribution >= 0.6 is 22.7 Å². The Morgan fingerprint density at radius 2 is 1.07 bits per heavy atom. The van der Waals surface area contributed by atoms with Crippen LogP contribution in [0.15, 0.2) is 187 Å². The van der Waals surface area contributed by atoms with Gasteiger partial charge in [0.05, 0.1) is 11.0 Å². The van der Waals surface area contributed by atoms with Gasteiger partial charge in [0, 0.05) is 69.6 Å². The SMILES string of the molecule is CC1(C)c2ccccc2-c2ccc(N(c3ccc(-c4ccc(-c5ccc(-c6ccc7c8c6cccc8c(=O)n6c8cc(OC=O)ccc8nc76)s5)s4)cc3)c3ccc4c(c3)C(C)(C)c3ccccc3-4)cc21. The van der Waals surface area contributed by atoms with Gasteiger partial charge >= 0.3 is 0 Å². The Balaban J connectivity index is 0.809. The molecule has 0 atom stereocenters. The van der Waals surface area contributed by atoms with Crippen molar-refractivity contribution in [2.75, 3.05) is 4.90 Å². The van der Waals surface area contributed by atoms with Crippen molar-refractivity contribution in [1.82, 2.24) is 9.38 Å². The summed E-state index contributed by atoms with van der Waals surface area (Å²) in [5, 5.41) is 3.42. The summed E-state index contributed by atoms with van der Waals surface area (Å²) in [5.41, 5.74) is 17.8. The summed E-state index contributed by atoms with van der Waals surface area (Å²) in [7, 11) is 0. The van der Waals surface area contributed by atoms with Crippen molar-refractivity contribution in [2.24, 2.45) is 0 Å². The molecule has 8 aromatic carbocycles. The maximum absolute atomic E-state index is 14.2. The number of benzene rings is 8. The molecule has 14 rings (SSSR count). The van der Waals surface area contributed by atoms with Crippen molar-refractivity contribution < 1.29 is 9.53 Å². The first-order valence-corrected chi connectivity index (χ1v) is 25.5. The van der Waals surface area contributed by atoms with Crippen LogP contribution < -0.4 is 15.2 Å². The average molecular weight is 954 g/mol. The van der Waals surface area contributed by atoms with E-state index >= 15 is 0 Å². The summed E-state index contributed by atoms with van der Waals surface area (Å²) < 4.78 is 6.74. The second kappa shape index (κ2) is 15.2. The molecule has 8 heteroatoms. The topological polar surface area (TPSA) is 63.9 Å². The fourth-order valence-corrected chi connectivity index (χ4v) is 13.9. The minimum atomic E-state index is -0.156. The van der Waals surface area contributed by atoms with Crippen molar-refractivity contribution in [3.05, 3.63) is 215 Å². The summed E-state index contributed by atoms with van der Waals surface area (Å²) in [6, 6.07) is 65.0. The molecule has 0 fully saturated rings. The zero-order valence-corrected chi connectivity index (χ0v) is 40.9. The Hall–Kier alpha value is -8.17. The van der Waals surface area contributed by atoms with E-state index in [4.69, 9.17) is 9.72 Å². The summed E-state index contributed by atoms with van der Waals surface area (Å²) in [6.07, 6.45) is 0. The largest absolute Gasteiger partial charge is 0.429 e. The van der Waals surface area contributed by atoms with Gasteiger partial charge < -0.3 is 9.64 Å². The summed E-state index contributed by atoms with van der Waals surface area (Å²) in [5.74, 6) is 0.360. The molecule has 0 unspecified atom stereocenters. The van der Waals surface area contributed by atoms with Crippen molar-refractivity contribution in [2.45, 2.75) is 38.5 Å². The molecular weight excluding hydrogens is 911 g/mol. The van der Waals surface area contributed by atoms with Crippen LogP contribution in [0.4, 0.5) is 17.1 Å². The number of imidazole rings is 1. The first-order chi connectivity index (χ1) is 34.6. The predicted molar refractivity (Wildman–Crippen MR) is 294 cm³/mol. The maximum Gasteiger partial charge on any atom is 0.298 e. The van der Waals surface area contributed by atoms with Crippen LogP contribution in [0.1, 0.15) is 49.9 Å². The normalized spacial score (nSPS) is 14.0. The quantitative estimate of drug-likeness (QED) is 0.142. The molecule has 71 heavy (non-hydrogen) atoms. The number of hydrogen-bond donors (Lipinski definition) is 0. The third kappa shape index (κ3) is 6.08. The molecule has 2 aliphatic carbocycles. The van der Waals surface area contributed by atoms with Gasteiger partial charge in [0.25, 0.3) is 12.0 Å². The smallest absolute Gasteiger partial charge is 0.298 e. The van der Waals surface area contributed by atoms with E-state index in [0.29, 0.717) is 34.3 Å². The highest BCUT2D eigenvalue weighted by atomic mass is 32.1. The monoisotopic (exact) mass is 953 g/mol. The number of rotatable bonds is 8. The zero-order chi connectivity index (χ0) is 47.9. The third-order valence-electron chi connectivity index (χ3n) is 15.3. The van der Waals surface area contributed by atoms with E-state index in [1.807, 2.05) is 12.1 Å². The van der Waals surface area contributed by atoms with E-state index in [2.05, 4.69) is 184 Å². The molecule has 0 saturated carbocycles. The Morgan fingerprint density at radius 1 is 0.507 bits per heavy atom. The van der Waals surface area contributed by atoms with E-state index in [1.54, 1.807) is 45.3 Å². The second-order valence-electron chi connectivity index (χ2n) is 19.8. The number of ether oxygens (including phenoxy) is 1. The number of carbonyl (C=O) groups excluding carboxylic acids is 1. The summed E-state index contributed by atoms with van der Waals surface area (Å²) in [6.45, 7) is 9.79. The van der Waals surface area contributed by atoms with Crippen LogP contribution in [-0.4, -0.2) is 15.9 Å². The van der Waals surface area contributed by atoms with Crippen molar-refractivity contribution in [3.63, 3.8) is 0 Å². The lowest BCUT2D eigenvalue weighted by Crippen LogP contribution is -2.18. The van der Waals surface area contributed by atoms with Crippen LogP contribution in [0, 0.1) is 0 Å². The number of anilines is 3.